The molecule has 434 valence electrons. The molecular formula is C62H122N2O9. The van der Waals surface area contributed by atoms with Gasteiger partial charge >= 0.3 is 11.9 Å². The zero-order valence-corrected chi connectivity index (χ0v) is 49.2. The molecule has 0 saturated carbocycles. The topological polar surface area (TPSA) is 105 Å². The number of unbranched alkanes of at least 4 members (excludes halogenated alkanes) is 28. The number of likely N-dealkylation sites (tertiary alicyclic amines) is 1. The van der Waals surface area contributed by atoms with Crippen molar-refractivity contribution in [2.24, 2.45) is 0 Å². The third-order valence-corrected chi connectivity index (χ3v) is 14.5. The molecule has 11 heteroatoms. The predicted octanol–water partition coefficient (Wildman–Crippen LogP) is 16.1. The van der Waals surface area contributed by atoms with E-state index in [1.807, 2.05) is 0 Å². The van der Waals surface area contributed by atoms with Crippen LogP contribution in [0.5, 0.6) is 0 Å². The van der Waals surface area contributed by atoms with Crippen molar-refractivity contribution in [3.8, 4) is 0 Å². The van der Waals surface area contributed by atoms with Gasteiger partial charge in [0.05, 0.1) is 12.1 Å². The van der Waals surface area contributed by atoms with Gasteiger partial charge in [-0.05, 0) is 84.8 Å². The smallest absolute Gasteiger partial charge is 0.305 e. The van der Waals surface area contributed by atoms with Gasteiger partial charge in [-0.15, -0.1) is 0 Å². The maximum absolute atomic E-state index is 13.3. The molecule has 0 N–H and O–H groups in total. The predicted molar refractivity (Wildman–Crippen MR) is 304 cm³/mol. The van der Waals surface area contributed by atoms with Gasteiger partial charge in [0, 0.05) is 59.0 Å². The highest BCUT2D eigenvalue weighted by Gasteiger charge is 2.31. The summed E-state index contributed by atoms with van der Waals surface area (Å²) in [5, 5.41) is 0. The molecule has 0 aliphatic carbocycles. The van der Waals surface area contributed by atoms with Crippen LogP contribution in [0.15, 0.2) is 0 Å². The normalized spacial score (nSPS) is 14.2. The molecule has 1 unspecified atom stereocenters. The molecule has 0 aromatic rings. The lowest BCUT2D eigenvalue weighted by Crippen LogP contribution is -2.42. The van der Waals surface area contributed by atoms with Crippen LogP contribution in [0.1, 0.15) is 285 Å². The van der Waals surface area contributed by atoms with Gasteiger partial charge in [0.1, 0.15) is 13.2 Å². The lowest BCUT2D eigenvalue weighted by Gasteiger charge is -2.27. The Morgan fingerprint density at radius 3 is 1.10 bits per heavy atom. The van der Waals surface area contributed by atoms with Gasteiger partial charge in [0.15, 0.2) is 12.6 Å². The summed E-state index contributed by atoms with van der Waals surface area (Å²) in [6.45, 7) is 15.4. The van der Waals surface area contributed by atoms with Crippen LogP contribution in [0.2, 0.25) is 0 Å². The standard InChI is InChI=1S/C62H122N2O9/c1-7-11-15-19-23-27-31-35-49-68-61(69-50-36-32-28-24-20-16-12-8-2)44-39-42-59(65)72-55-57(64-48-46-58(54-64)67-53-41-47-63(5)6)56-73-60(66)43-40-45-62(70-51-37-33-29-25-21-17-13-9-3)71-52-38-34-30-26-22-18-14-10-4/h57-58,61-62H,7-56H2,1-6H3. The van der Waals surface area contributed by atoms with Crippen LogP contribution in [0.3, 0.4) is 0 Å². The lowest BCUT2D eigenvalue weighted by molar-refractivity contribution is -0.154. The first-order valence-corrected chi connectivity index (χ1v) is 31.6. The molecular weight excluding hydrogens is 917 g/mol. The van der Waals surface area contributed by atoms with Crippen LogP contribution in [-0.2, 0) is 42.7 Å². The van der Waals surface area contributed by atoms with Crippen molar-refractivity contribution in [2.75, 3.05) is 80.0 Å². The average molecular weight is 1040 g/mol. The second-order valence-corrected chi connectivity index (χ2v) is 22.0. The van der Waals surface area contributed by atoms with E-state index in [0.29, 0.717) is 71.6 Å². The molecule has 1 aliphatic heterocycles. The molecule has 1 heterocycles. The van der Waals surface area contributed by atoms with Crippen LogP contribution in [0.25, 0.3) is 0 Å². The largest absolute Gasteiger partial charge is 0.464 e. The monoisotopic (exact) mass is 1040 g/mol. The Kier molecular flexibility index (Phi) is 51.6. The van der Waals surface area contributed by atoms with Crippen LogP contribution < -0.4 is 0 Å². The molecule has 0 aromatic carbocycles. The maximum atomic E-state index is 13.3. The fraction of sp³-hybridized carbons (Fsp3) is 0.968. The van der Waals surface area contributed by atoms with E-state index in [0.717, 1.165) is 58.2 Å². The Morgan fingerprint density at radius 1 is 0.438 bits per heavy atom. The number of esters is 2. The quantitative estimate of drug-likeness (QED) is 0.0330. The number of hydrogen-bond acceptors (Lipinski definition) is 11. The van der Waals surface area contributed by atoms with Crippen LogP contribution in [-0.4, -0.2) is 126 Å². The summed E-state index contributed by atoms with van der Waals surface area (Å²) >= 11 is 0. The Hall–Kier alpha value is -1.34. The molecule has 0 spiro atoms. The van der Waals surface area contributed by atoms with Crippen molar-refractivity contribution >= 4 is 11.9 Å². The summed E-state index contributed by atoms with van der Waals surface area (Å²) < 4.78 is 43.3. The van der Waals surface area contributed by atoms with Gasteiger partial charge in [-0.1, -0.05) is 207 Å². The van der Waals surface area contributed by atoms with Crippen LogP contribution in [0, 0.1) is 0 Å². The van der Waals surface area contributed by atoms with E-state index in [1.54, 1.807) is 0 Å². The molecule has 1 aliphatic rings. The zero-order valence-electron chi connectivity index (χ0n) is 49.2. The summed E-state index contributed by atoms with van der Waals surface area (Å²) in [4.78, 5) is 31.1. The van der Waals surface area contributed by atoms with Gasteiger partial charge in [0.25, 0.3) is 0 Å². The summed E-state index contributed by atoms with van der Waals surface area (Å²) in [6, 6.07) is -0.237. The first kappa shape index (κ1) is 69.7. The Morgan fingerprint density at radius 2 is 0.767 bits per heavy atom. The summed E-state index contributed by atoms with van der Waals surface area (Å²) in [6.07, 6.45) is 44.9. The number of carbonyl (C=O) groups excluding carboxylic acids is 2. The van der Waals surface area contributed by atoms with Gasteiger partial charge in [-0.2, -0.15) is 0 Å². The number of ether oxygens (including phenoxy) is 7. The first-order valence-electron chi connectivity index (χ1n) is 31.6. The van der Waals surface area contributed by atoms with Crippen molar-refractivity contribution in [1.82, 2.24) is 9.80 Å². The summed E-state index contributed by atoms with van der Waals surface area (Å²) in [7, 11) is 4.16. The number of rotatable bonds is 58. The van der Waals surface area contributed by atoms with E-state index < -0.39 is 0 Å². The van der Waals surface area contributed by atoms with Crippen LogP contribution >= 0.6 is 0 Å². The molecule has 1 saturated heterocycles. The van der Waals surface area contributed by atoms with Gasteiger partial charge in [-0.25, -0.2) is 0 Å². The van der Waals surface area contributed by atoms with Gasteiger partial charge in [-0.3, -0.25) is 14.5 Å². The van der Waals surface area contributed by atoms with Crippen molar-refractivity contribution in [2.45, 2.75) is 309 Å². The minimum atomic E-state index is -0.299. The van der Waals surface area contributed by atoms with E-state index in [2.05, 4.69) is 51.6 Å². The number of nitrogens with zero attached hydrogens (tertiary/aromatic N) is 2. The zero-order chi connectivity index (χ0) is 52.9. The fourth-order valence-electron chi connectivity index (χ4n) is 9.69. The van der Waals surface area contributed by atoms with Gasteiger partial charge < -0.3 is 38.1 Å². The Bertz CT molecular complexity index is 1050. The van der Waals surface area contributed by atoms with Crippen molar-refractivity contribution in [3.63, 3.8) is 0 Å². The fourth-order valence-corrected chi connectivity index (χ4v) is 9.69. The number of hydrogen-bond donors (Lipinski definition) is 0. The minimum Gasteiger partial charge on any atom is -0.464 e. The second kappa shape index (κ2) is 54.0. The highest BCUT2D eigenvalue weighted by atomic mass is 16.7. The molecule has 1 fully saturated rings. The average Bonchev–Trinajstić information content (AvgIpc) is 3.86. The summed E-state index contributed by atoms with van der Waals surface area (Å²) in [5.74, 6) is -0.469. The molecule has 0 radical (unpaired) electrons. The van der Waals surface area contributed by atoms with Crippen molar-refractivity contribution < 1.29 is 42.7 Å². The molecule has 73 heavy (non-hydrogen) atoms. The molecule has 0 aromatic heterocycles. The third-order valence-electron chi connectivity index (χ3n) is 14.5. The lowest BCUT2D eigenvalue weighted by atomic mass is 10.1. The van der Waals surface area contributed by atoms with Crippen molar-refractivity contribution in [3.05, 3.63) is 0 Å². The van der Waals surface area contributed by atoms with Crippen LogP contribution in [0.4, 0.5) is 0 Å². The molecule has 0 bridgehead atoms. The van der Waals surface area contributed by atoms with E-state index in [9.17, 15) is 9.59 Å². The van der Waals surface area contributed by atoms with Crippen molar-refractivity contribution in [1.29, 1.82) is 0 Å². The highest BCUT2D eigenvalue weighted by molar-refractivity contribution is 5.69. The molecule has 11 nitrogen and oxygen atoms in total. The first-order chi connectivity index (χ1) is 35.8. The highest BCUT2D eigenvalue weighted by Crippen LogP contribution is 2.20. The van der Waals surface area contributed by atoms with E-state index >= 15 is 0 Å². The van der Waals surface area contributed by atoms with E-state index in [4.69, 9.17) is 33.2 Å². The Balaban J connectivity index is 2.73. The minimum absolute atomic E-state index is 0.109. The number of carbonyl (C=O) groups is 2. The second-order valence-electron chi connectivity index (χ2n) is 22.0. The third kappa shape index (κ3) is 46.5. The SMILES string of the molecule is CCCCCCCCCCOC(CCCC(=O)OCC(COC(=O)CCCC(OCCCCCCCCCC)OCCCCCCCCCC)N1CCC(OCCCN(C)C)C1)OCCCCCCCCCC. The Labute approximate surface area is 452 Å². The summed E-state index contributed by atoms with van der Waals surface area (Å²) in [5.41, 5.74) is 0. The van der Waals surface area contributed by atoms with E-state index in [-0.39, 0.29) is 49.9 Å². The molecule has 1 atom stereocenters. The molecule has 0 amide bonds. The molecule has 1 rings (SSSR count). The van der Waals surface area contributed by atoms with Gasteiger partial charge in [0.2, 0.25) is 0 Å². The maximum Gasteiger partial charge on any atom is 0.305 e. The van der Waals surface area contributed by atoms with E-state index in [1.165, 1.54) is 180 Å².